The molecule has 0 aliphatic rings. The van der Waals surface area contributed by atoms with Gasteiger partial charge in [0, 0.05) is 16.6 Å². The van der Waals surface area contributed by atoms with E-state index < -0.39 is 0 Å². The Morgan fingerprint density at radius 2 is 2.12 bits per heavy atom. The molecule has 0 spiro atoms. The topological polar surface area (TPSA) is 29.1 Å². The molecule has 0 fully saturated rings. The summed E-state index contributed by atoms with van der Waals surface area (Å²) in [5.74, 6) is 0.0231. The smallest absolute Gasteiger partial charge is 0.251 e. The molecule has 0 heterocycles. The van der Waals surface area contributed by atoms with Gasteiger partial charge in [0.05, 0.1) is 0 Å². The Morgan fingerprint density at radius 1 is 1.38 bits per heavy atom. The Labute approximate surface area is 106 Å². The number of halogens is 1. The van der Waals surface area contributed by atoms with E-state index in [0.717, 1.165) is 35.0 Å². The van der Waals surface area contributed by atoms with Crippen molar-refractivity contribution in [2.45, 2.75) is 33.1 Å². The zero-order valence-electron chi connectivity index (χ0n) is 9.85. The lowest BCUT2D eigenvalue weighted by molar-refractivity contribution is 0.0952. The molecule has 1 aromatic rings. The minimum Gasteiger partial charge on any atom is -0.352 e. The minimum atomic E-state index is 0.0231. The molecule has 88 valence electrons. The summed E-state index contributed by atoms with van der Waals surface area (Å²) in [6, 6.07) is 5.76. The van der Waals surface area contributed by atoms with Gasteiger partial charge in [0.1, 0.15) is 0 Å². The lowest BCUT2D eigenvalue weighted by atomic mass is 10.1. The van der Waals surface area contributed by atoms with Crippen LogP contribution in [0, 0.1) is 6.92 Å². The number of hydrogen-bond donors (Lipinski definition) is 1. The third-order valence-electron chi connectivity index (χ3n) is 2.51. The Balaban J connectivity index is 2.55. The first-order valence-corrected chi connectivity index (χ1v) is 6.48. The van der Waals surface area contributed by atoms with Crippen LogP contribution >= 0.6 is 15.9 Å². The lowest BCUT2D eigenvalue weighted by Gasteiger charge is -2.07. The highest BCUT2D eigenvalue weighted by Crippen LogP contribution is 2.15. The summed E-state index contributed by atoms with van der Waals surface area (Å²) in [5, 5.41) is 2.94. The molecule has 16 heavy (non-hydrogen) atoms. The van der Waals surface area contributed by atoms with Gasteiger partial charge in [0.25, 0.3) is 5.91 Å². The molecule has 0 saturated heterocycles. The number of carbonyl (C=O) groups is 1. The van der Waals surface area contributed by atoms with Crippen LogP contribution in [0.1, 0.15) is 42.1 Å². The van der Waals surface area contributed by atoms with E-state index in [1.54, 1.807) is 0 Å². The van der Waals surface area contributed by atoms with Crippen molar-refractivity contribution < 1.29 is 4.79 Å². The van der Waals surface area contributed by atoms with E-state index >= 15 is 0 Å². The second-order valence-electron chi connectivity index (χ2n) is 3.92. The van der Waals surface area contributed by atoms with Gasteiger partial charge in [-0.25, -0.2) is 0 Å². The fourth-order valence-electron chi connectivity index (χ4n) is 1.51. The maximum Gasteiger partial charge on any atom is 0.251 e. The number of nitrogens with one attached hydrogen (secondary N) is 1. The summed E-state index contributed by atoms with van der Waals surface area (Å²) in [7, 11) is 0. The molecule has 0 aromatic heterocycles. The first kappa shape index (κ1) is 13.2. The van der Waals surface area contributed by atoms with Crippen molar-refractivity contribution in [1.29, 1.82) is 0 Å². The molecule has 0 aliphatic heterocycles. The maximum atomic E-state index is 11.8. The Bertz CT molecular complexity index is 363. The van der Waals surface area contributed by atoms with E-state index in [1.165, 1.54) is 6.42 Å². The minimum absolute atomic E-state index is 0.0231. The Hall–Kier alpha value is -0.830. The Kier molecular flexibility index (Phi) is 5.53. The number of rotatable bonds is 5. The SMILES string of the molecule is CCCCCNC(=O)c1cc(Br)ccc1C. The van der Waals surface area contributed by atoms with Crippen molar-refractivity contribution in [1.82, 2.24) is 5.32 Å². The zero-order valence-corrected chi connectivity index (χ0v) is 11.4. The van der Waals surface area contributed by atoms with Gasteiger partial charge in [-0.3, -0.25) is 4.79 Å². The van der Waals surface area contributed by atoms with Crippen molar-refractivity contribution in [2.75, 3.05) is 6.54 Å². The molecule has 1 amide bonds. The van der Waals surface area contributed by atoms with Crippen molar-refractivity contribution in [3.63, 3.8) is 0 Å². The molecular formula is C13H18BrNO. The lowest BCUT2D eigenvalue weighted by Crippen LogP contribution is -2.25. The highest BCUT2D eigenvalue weighted by atomic mass is 79.9. The van der Waals surface area contributed by atoms with Gasteiger partial charge >= 0.3 is 0 Å². The first-order chi connectivity index (χ1) is 7.65. The zero-order chi connectivity index (χ0) is 12.0. The summed E-state index contributed by atoms with van der Waals surface area (Å²) in [6.07, 6.45) is 3.39. The largest absolute Gasteiger partial charge is 0.352 e. The fraction of sp³-hybridized carbons (Fsp3) is 0.462. The number of unbranched alkanes of at least 4 members (excludes halogenated alkanes) is 2. The van der Waals surface area contributed by atoms with Crippen molar-refractivity contribution in [3.8, 4) is 0 Å². The van der Waals surface area contributed by atoms with Crippen molar-refractivity contribution >= 4 is 21.8 Å². The quantitative estimate of drug-likeness (QED) is 0.821. The van der Waals surface area contributed by atoms with Crippen LogP contribution in [-0.4, -0.2) is 12.5 Å². The van der Waals surface area contributed by atoms with Crippen LogP contribution in [0.4, 0.5) is 0 Å². The molecule has 3 heteroatoms. The summed E-state index contributed by atoms with van der Waals surface area (Å²) in [6.45, 7) is 4.87. The van der Waals surface area contributed by atoms with Crippen LogP contribution in [0.15, 0.2) is 22.7 Å². The average molecular weight is 284 g/mol. The molecule has 0 unspecified atom stereocenters. The standard InChI is InChI=1S/C13H18BrNO/c1-3-4-5-8-15-13(16)12-9-11(14)7-6-10(12)2/h6-7,9H,3-5,8H2,1-2H3,(H,15,16). The molecule has 0 saturated carbocycles. The van der Waals surface area contributed by atoms with E-state index in [2.05, 4.69) is 28.2 Å². The van der Waals surface area contributed by atoms with Gasteiger partial charge in [-0.15, -0.1) is 0 Å². The summed E-state index contributed by atoms with van der Waals surface area (Å²) < 4.78 is 0.941. The van der Waals surface area contributed by atoms with Gasteiger partial charge in [-0.1, -0.05) is 41.8 Å². The fourth-order valence-corrected chi connectivity index (χ4v) is 1.87. The van der Waals surface area contributed by atoms with Crippen LogP contribution < -0.4 is 5.32 Å². The van der Waals surface area contributed by atoms with Crippen LogP contribution in [0.2, 0.25) is 0 Å². The molecular weight excluding hydrogens is 266 g/mol. The normalized spacial score (nSPS) is 10.2. The Morgan fingerprint density at radius 3 is 2.81 bits per heavy atom. The van der Waals surface area contributed by atoms with Crippen LogP contribution in [0.25, 0.3) is 0 Å². The van der Waals surface area contributed by atoms with E-state index in [9.17, 15) is 4.79 Å². The second kappa shape index (κ2) is 6.69. The van der Waals surface area contributed by atoms with Crippen molar-refractivity contribution in [3.05, 3.63) is 33.8 Å². The monoisotopic (exact) mass is 283 g/mol. The second-order valence-corrected chi connectivity index (χ2v) is 4.84. The van der Waals surface area contributed by atoms with E-state index in [0.29, 0.717) is 0 Å². The molecule has 0 radical (unpaired) electrons. The van der Waals surface area contributed by atoms with Gasteiger partial charge in [0.2, 0.25) is 0 Å². The van der Waals surface area contributed by atoms with Crippen LogP contribution in [0.3, 0.4) is 0 Å². The third-order valence-corrected chi connectivity index (χ3v) is 3.00. The molecule has 0 bridgehead atoms. The molecule has 2 nitrogen and oxygen atoms in total. The number of amides is 1. The van der Waals surface area contributed by atoms with E-state index in [1.807, 2.05) is 25.1 Å². The summed E-state index contributed by atoms with van der Waals surface area (Å²) in [5.41, 5.74) is 1.77. The first-order valence-electron chi connectivity index (χ1n) is 5.69. The number of aryl methyl sites for hydroxylation is 1. The van der Waals surface area contributed by atoms with Gasteiger partial charge < -0.3 is 5.32 Å². The predicted octanol–water partition coefficient (Wildman–Crippen LogP) is 3.68. The summed E-state index contributed by atoms with van der Waals surface area (Å²) >= 11 is 3.38. The molecule has 1 N–H and O–H groups in total. The molecule has 1 aromatic carbocycles. The van der Waals surface area contributed by atoms with Crippen molar-refractivity contribution in [2.24, 2.45) is 0 Å². The number of benzene rings is 1. The number of carbonyl (C=O) groups excluding carboxylic acids is 1. The molecule has 0 atom stereocenters. The average Bonchev–Trinajstić information content (AvgIpc) is 2.27. The van der Waals surface area contributed by atoms with Crippen LogP contribution in [-0.2, 0) is 0 Å². The van der Waals surface area contributed by atoms with Gasteiger partial charge in [0.15, 0.2) is 0 Å². The number of hydrogen-bond acceptors (Lipinski definition) is 1. The maximum absolute atomic E-state index is 11.8. The van der Waals surface area contributed by atoms with Crippen LogP contribution in [0.5, 0.6) is 0 Å². The van der Waals surface area contributed by atoms with E-state index in [-0.39, 0.29) is 5.91 Å². The van der Waals surface area contributed by atoms with E-state index in [4.69, 9.17) is 0 Å². The highest BCUT2D eigenvalue weighted by molar-refractivity contribution is 9.10. The molecule has 0 aliphatic carbocycles. The highest BCUT2D eigenvalue weighted by Gasteiger charge is 2.08. The van der Waals surface area contributed by atoms with Gasteiger partial charge in [-0.2, -0.15) is 0 Å². The third kappa shape index (κ3) is 3.97. The summed E-state index contributed by atoms with van der Waals surface area (Å²) in [4.78, 5) is 11.8. The predicted molar refractivity (Wildman–Crippen MR) is 70.7 cm³/mol. The van der Waals surface area contributed by atoms with Gasteiger partial charge in [-0.05, 0) is 31.0 Å². The molecule has 1 rings (SSSR count).